The molecule has 5 heterocycles. The van der Waals surface area contributed by atoms with Crippen molar-refractivity contribution in [3.63, 3.8) is 0 Å². The van der Waals surface area contributed by atoms with Crippen LogP contribution in [-0.4, -0.2) is 0 Å². The molecule has 0 spiro atoms. The molecule has 0 radical (unpaired) electrons. The van der Waals surface area contributed by atoms with Crippen molar-refractivity contribution in [2.75, 3.05) is 0 Å². The van der Waals surface area contributed by atoms with Gasteiger partial charge in [0.15, 0.2) is 0 Å². The lowest BCUT2D eigenvalue weighted by atomic mass is 9.73. The zero-order valence-corrected chi connectivity index (χ0v) is 40.9. The third-order valence-corrected chi connectivity index (χ3v) is 15.9. The summed E-state index contributed by atoms with van der Waals surface area (Å²) in [6.07, 6.45) is 0. The van der Waals surface area contributed by atoms with Gasteiger partial charge in [-0.1, -0.05) is 166 Å². The minimum absolute atomic E-state index is 0.0333. The molecule has 0 fully saturated rings. The van der Waals surface area contributed by atoms with Gasteiger partial charge in [-0.05, 0) is 87.8 Å². The molecule has 5 rings (SSSR count). The van der Waals surface area contributed by atoms with E-state index in [2.05, 4.69) is 212 Å². The maximum absolute atomic E-state index is 2.47. The lowest BCUT2D eigenvalue weighted by molar-refractivity contribution is 0.521. The van der Waals surface area contributed by atoms with E-state index in [4.69, 9.17) is 0 Å². The van der Waals surface area contributed by atoms with Gasteiger partial charge in [0, 0.05) is 36.3 Å². The van der Waals surface area contributed by atoms with E-state index in [0.29, 0.717) is 0 Å². The van der Waals surface area contributed by atoms with Crippen LogP contribution in [-0.2, 0) is 43.3 Å². The molecule has 0 saturated carbocycles. The lowest BCUT2D eigenvalue weighted by Gasteiger charge is -2.30. The van der Waals surface area contributed by atoms with E-state index in [9.17, 15) is 0 Å². The summed E-state index contributed by atoms with van der Waals surface area (Å²) in [5.74, 6) is 0. The van der Waals surface area contributed by atoms with Gasteiger partial charge < -0.3 is 0 Å². The molecular formula is C48H72S4. The van der Waals surface area contributed by atoms with Crippen molar-refractivity contribution in [3.8, 4) is 0 Å². The first-order valence-electron chi connectivity index (χ1n) is 19.6. The highest BCUT2D eigenvalue weighted by atomic mass is 32.1. The normalized spacial score (nSPS) is 14.9. The molecule has 1 aliphatic rings. The van der Waals surface area contributed by atoms with Crippen LogP contribution in [0.25, 0.3) is 0 Å². The number of fused-ring (bicyclic) bond motifs is 8. The molecule has 1 aliphatic heterocycles. The van der Waals surface area contributed by atoms with Crippen LogP contribution in [0.2, 0.25) is 0 Å². The molecule has 288 valence electrons. The molecule has 0 saturated heterocycles. The molecule has 0 atom stereocenters. The average Bonchev–Trinajstić information content (AvgIpc) is 3.63. The molecule has 0 unspecified atom stereocenters. The van der Waals surface area contributed by atoms with E-state index in [1.54, 1.807) is 44.5 Å². The Balaban J connectivity index is 2.62. The summed E-state index contributed by atoms with van der Waals surface area (Å²) in [5, 5.41) is 0. The zero-order valence-electron chi connectivity index (χ0n) is 37.6. The van der Waals surface area contributed by atoms with Crippen molar-refractivity contribution >= 4 is 45.3 Å². The van der Waals surface area contributed by atoms with E-state index in [1.807, 2.05) is 0 Å². The Morgan fingerprint density at radius 3 is 0.308 bits per heavy atom. The molecule has 4 heteroatoms. The van der Waals surface area contributed by atoms with E-state index < -0.39 is 0 Å². The smallest absolute Gasteiger partial charge is 0.0493 e. The van der Waals surface area contributed by atoms with Crippen LogP contribution < -0.4 is 0 Å². The summed E-state index contributed by atoms with van der Waals surface area (Å²) in [6, 6.07) is 0. The molecule has 8 bridgehead atoms. The van der Waals surface area contributed by atoms with Gasteiger partial charge >= 0.3 is 0 Å². The van der Waals surface area contributed by atoms with Crippen molar-refractivity contribution in [3.05, 3.63) is 80.8 Å². The van der Waals surface area contributed by atoms with E-state index in [1.165, 1.54) is 36.3 Å². The summed E-state index contributed by atoms with van der Waals surface area (Å²) in [6.45, 7) is 59.2. The Morgan fingerprint density at radius 1 is 0.173 bits per heavy atom. The number of hydrogen-bond acceptors (Lipinski definition) is 4. The minimum atomic E-state index is -0.0333. The summed E-state index contributed by atoms with van der Waals surface area (Å²) in [4.78, 5) is 0. The van der Waals surface area contributed by atoms with Crippen LogP contribution >= 0.6 is 45.3 Å². The van der Waals surface area contributed by atoms with Crippen LogP contribution in [0, 0.1) is 36.3 Å². The second kappa shape index (κ2) is 12.1. The maximum atomic E-state index is 2.47. The van der Waals surface area contributed by atoms with Crippen molar-refractivity contribution in [2.45, 2.75) is 209 Å². The Morgan fingerprint density at radius 2 is 0.250 bits per heavy atom. The van der Waals surface area contributed by atoms with Gasteiger partial charge in [-0.3, -0.25) is 0 Å². The molecule has 4 aromatic rings. The molecule has 0 aromatic carbocycles. The number of rotatable bonds is 0. The fraction of sp³-hybridized carbons (Fsp3) is 0.667. The lowest BCUT2D eigenvalue weighted by Crippen LogP contribution is -2.23. The predicted molar refractivity (Wildman–Crippen MR) is 238 cm³/mol. The monoisotopic (exact) mass is 776 g/mol. The van der Waals surface area contributed by atoms with Gasteiger partial charge in [0.1, 0.15) is 0 Å². The molecule has 0 amide bonds. The van der Waals surface area contributed by atoms with Crippen LogP contribution in [0.3, 0.4) is 0 Å². The minimum Gasteiger partial charge on any atom is -0.133 e. The Kier molecular flexibility index (Phi) is 9.80. The van der Waals surface area contributed by atoms with Gasteiger partial charge in [0.2, 0.25) is 0 Å². The van der Waals surface area contributed by atoms with Crippen LogP contribution in [0.5, 0.6) is 0 Å². The first kappa shape index (κ1) is 42.0. The third-order valence-electron chi connectivity index (χ3n) is 10.5. The molecule has 0 aliphatic carbocycles. The summed E-state index contributed by atoms with van der Waals surface area (Å²) in [7, 11) is 0. The van der Waals surface area contributed by atoms with Gasteiger partial charge in [0.25, 0.3) is 0 Å². The van der Waals surface area contributed by atoms with Crippen molar-refractivity contribution in [1.29, 1.82) is 0 Å². The second-order valence-corrected chi connectivity index (χ2v) is 28.1. The van der Waals surface area contributed by atoms with Crippen molar-refractivity contribution in [2.24, 2.45) is 0 Å². The van der Waals surface area contributed by atoms with E-state index in [-0.39, 0.29) is 43.3 Å². The van der Waals surface area contributed by atoms with Crippen molar-refractivity contribution in [1.82, 2.24) is 0 Å². The molecule has 0 N–H and O–H groups in total. The SMILES string of the molecule is CC(C)(C)c1c(C(C)(C)C)c2sc1=c1sc(c(C(C)(C)C)c1C(C)(C)C)=c1sc(c(C(C)(C)C)c1C(C)(C)C)=c1sc=2c(C(C)(C)C)c1C(C)(C)C. The maximum Gasteiger partial charge on any atom is 0.0493 e. The highest BCUT2D eigenvalue weighted by Gasteiger charge is 2.38. The molecule has 4 aromatic heterocycles. The zero-order chi connectivity index (χ0) is 40.1. The van der Waals surface area contributed by atoms with Gasteiger partial charge in [-0.25, -0.2) is 0 Å². The predicted octanol–water partition coefficient (Wildman–Crippen LogP) is 15.8. The fourth-order valence-corrected chi connectivity index (χ4v) is 16.2. The summed E-state index contributed by atoms with van der Waals surface area (Å²) < 4.78 is 12.1. The Hall–Kier alpha value is -1.20. The van der Waals surface area contributed by atoms with E-state index in [0.717, 1.165) is 0 Å². The number of thiophene rings is 4. The highest BCUT2D eigenvalue weighted by molar-refractivity contribution is 7.15. The largest absolute Gasteiger partial charge is 0.133 e. The molecule has 0 nitrogen and oxygen atoms in total. The molecule has 52 heavy (non-hydrogen) atoms. The first-order chi connectivity index (χ1) is 22.9. The topological polar surface area (TPSA) is 0 Å². The Labute approximate surface area is 333 Å². The standard InChI is InChI=1S/C48H72S4/c1-41(2,3)25-26(42(4,5)6)34-36-29(45(13,14)15)30(46(16,17)18)39(51-36)40-32(48(22,23)24)31(47(19,20)21)38(52-40)37-28(44(10,11)12)27(43(7,8)9)35(50-37)33(25)49-34/h1-24H3. The van der Waals surface area contributed by atoms with Gasteiger partial charge in [-0.15, -0.1) is 45.3 Å². The van der Waals surface area contributed by atoms with Crippen LogP contribution in [0.15, 0.2) is 0 Å². The summed E-state index contributed by atoms with van der Waals surface area (Å²) in [5.41, 5.74) is 12.2. The van der Waals surface area contributed by atoms with Crippen molar-refractivity contribution < 1.29 is 0 Å². The van der Waals surface area contributed by atoms with Gasteiger partial charge in [-0.2, -0.15) is 0 Å². The van der Waals surface area contributed by atoms with Crippen LogP contribution in [0.1, 0.15) is 211 Å². The summed E-state index contributed by atoms with van der Waals surface area (Å²) >= 11 is 8.50. The first-order valence-corrected chi connectivity index (χ1v) is 22.9. The average molecular weight is 777 g/mol. The molecular weight excluding hydrogens is 705 g/mol. The highest BCUT2D eigenvalue weighted by Crippen LogP contribution is 2.50. The third kappa shape index (κ3) is 6.93. The van der Waals surface area contributed by atoms with Crippen LogP contribution in [0.4, 0.5) is 0 Å². The number of hydrogen-bond donors (Lipinski definition) is 0. The second-order valence-electron chi connectivity index (χ2n) is 24.0. The van der Waals surface area contributed by atoms with Gasteiger partial charge in [0.05, 0.1) is 0 Å². The quantitative estimate of drug-likeness (QED) is 0.147. The van der Waals surface area contributed by atoms with E-state index >= 15 is 0 Å². The fourth-order valence-electron chi connectivity index (χ4n) is 8.73. The Bertz CT molecular complexity index is 1930.